The highest BCUT2D eigenvalue weighted by Crippen LogP contribution is 2.32. The minimum Gasteiger partial charge on any atom is -0.327 e. The van der Waals surface area contributed by atoms with Crippen LogP contribution in [0.15, 0.2) is 320 Å². The van der Waals surface area contributed by atoms with Gasteiger partial charge in [0.05, 0.1) is 103 Å². The number of benzene rings is 13. The maximum atomic E-state index is 14.7. The fraction of sp³-hybridized carbons (Fsp3) is 0.133. The molecule has 6 heterocycles. The van der Waals surface area contributed by atoms with E-state index in [0.29, 0.717) is 105 Å². The van der Waals surface area contributed by atoms with Crippen LogP contribution in [-0.4, -0.2) is 112 Å². The second-order valence-corrected chi connectivity index (χ2v) is 35.3. The van der Waals surface area contributed by atoms with Crippen molar-refractivity contribution in [1.29, 1.82) is 21.0 Å². The number of carbonyl (C=O) groups excluding carboxylic acids is 4. The van der Waals surface area contributed by atoms with E-state index in [1.54, 1.807) is 143 Å². The van der Waals surface area contributed by atoms with Crippen LogP contribution >= 0.6 is 15.9 Å². The van der Waals surface area contributed by atoms with Gasteiger partial charge in [-0.3, -0.25) is 23.7 Å². The van der Waals surface area contributed by atoms with Crippen molar-refractivity contribution in [2.75, 3.05) is 0 Å². The molecule has 19 aromatic rings. The Bertz CT molecular complexity index is 8330. The first-order valence-corrected chi connectivity index (χ1v) is 46.8. The number of hydrogen-bond donors (Lipinski definition) is 0. The van der Waals surface area contributed by atoms with E-state index >= 15 is 0 Å². The molecule has 0 saturated carbocycles. The van der Waals surface area contributed by atoms with Gasteiger partial charge in [-0.15, -0.1) is 40.8 Å². The predicted molar refractivity (Wildman–Crippen MR) is 537 cm³/mol. The molecule has 35 heteroatoms. The van der Waals surface area contributed by atoms with Gasteiger partial charge in [0, 0.05) is 105 Å². The molecule has 0 aliphatic carbocycles. The highest BCUT2D eigenvalue weighted by molar-refractivity contribution is 9.10. The summed E-state index contributed by atoms with van der Waals surface area (Å²) in [6.45, 7) is 8.10. The average molecular weight is 2050 g/mol. The molecule has 0 bridgehead atoms. The third-order valence-electron chi connectivity index (χ3n) is 24.3. The normalized spacial score (nSPS) is 11.1. The highest BCUT2D eigenvalue weighted by atomic mass is 79.9. The summed E-state index contributed by atoms with van der Waals surface area (Å²) < 4.78 is 120. The first kappa shape index (κ1) is 102. The SMILES string of the molecule is Cc1ccc(Br)cc1C(=O)N(Cc1ccc(F)cc1F)Cc1nncn1Cc1ccc(C#N)cc1.Cc1nnc(C(C)N(Cc2ccc(F)cc2F)C(=O)c2ccc3ccccc3n2)n1Cc1ccc(C#N)cc1.Cc1nnc(CN(Cc2ccc(F)cc2F)C(=O)c2ccc3ccccc3n2)n1-c1ccc(C#N)cc1.N#Cc1ccc(Cn2cnnc2CN(Cc2ccc(F)cc2F)C(=O)c2ccc3ccccc3c2)cc1. The van der Waals surface area contributed by atoms with E-state index in [1.807, 2.05) is 146 Å². The van der Waals surface area contributed by atoms with Crippen molar-refractivity contribution in [3.05, 3.63) is 491 Å². The number of carbonyl (C=O) groups is 4. The molecule has 0 fully saturated rings. The number of fused-ring (bicyclic) bond motifs is 3. The van der Waals surface area contributed by atoms with Gasteiger partial charge in [-0.05, 0) is 194 Å². The maximum Gasteiger partial charge on any atom is 0.273 e. The van der Waals surface area contributed by atoms with E-state index < -0.39 is 64.4 Å². The molecule has 0 aliphatic rings. The topological polar surface area (TPSA) is 325 Å². The van der Waals surface area contributed by atoms with Crippen LogP contribution in [0.5, 0.6) is 0 Å². The van der Waals surface area contributed by atoms with Crippen LogP contribution < -0.4 is 0 Å². The lowest BCUT2D eigenvalue weighted by Gasteiger charge is -2.29. The highest BCUT2D eigenvalue weighted by Gasteiger charge is 2.32. The number of halogens is 9. The summed E-state index contributed by atoms with van der Waals surface area (Å²) in [6, 6.07) is 89.4. The number of rotatable bonds is 27. The molecule has 19 rings (SSSR count). The van der Waals surface area contributed by atoms with Crippen LogP contribution in [0, 0.1) is 113 Å². The van der Waals surface area contributed by atoms with Crippen LogP contribution in [0.4, 0.5) is 35.1 Å². The van der Waals surface area contributed by atoms with Crippen LogP contribution in [0.2, 0.25) is 0 Å². The lowest BCUT2D eigenvalue weighted by molar-refractivity contribution is 0.0653. The molecule has 6 aromatic heterocycles. The Kier molecular flexibility index (Phi) is 32.4. The van der Waals surface area contributed by atoms with Gasteiger partial charge in [0.15, 0.2) is 23.3 Å². The first-order chi connectivity index (χ1) is 71.6. The summed E-state index contributed by atoms with van der Waals surface area (Å²) in [5, 5.41) is 73.4. The Balaban J connectivity index is 0.000000141. The van der Waals surface area contributed by atoms with E-state index in [4.69, 9.17) is 21.0 Å². The molecule has 1 unspecified atom stereocenters. The molecule has 0 radical (unpaired) electrons. The molecule has 0 spiro atoms. The summed E-state index contributed by atoms with van der Waals surface area (Å²) in [5.74, 6) is -4.11. The minimum atomic E-state index is -0.756. The summed E-state index contributed by atoms with van der Waals surface area (Å²) in [6.07, 6.45) is 3.11. The summed E-state index contributed by atoms with van der Waals surface area (Å²) >= 11 is 3.40. The quantitative estimate of drug-likeness (QED) is 0.0432. The number of pyridine rings is 2. The van der Waals surface area contributed by atoms with Crippen molar-refractivity contribution in [3.63, 3.8) is 0 Å². The molecule has 13 aromatic carbocycles. The van der Waals surface area contributed by atoms with Gasteiger partial charge in [0.1, 0.15) is 82.2 Å². The van der Waals surface area contributed by atoms with Crippen LogP contribution in [-0.2, 0) is 65.4 Å². The maximum absolute atomic E-state index is 14.7. The molecule has 734 valence electrons. The van der Waals surface area contributed by atoms with Crippen molar-refractivity contribution < 1.29 is 54.3 Å². The van der Waals surface area contributed by atoms with Crippen LogP contribution in [0.25, 0.3) is 38.3 Å². The van der Waals surface area contributed by atoms with E-state index in [-0.39, 0.29) is 91.3 Å². The summed E-state index contributed by atoms with van der Waals surface area (Å²) in [4.78, 5) is 69.7. The molecule has 148 heavy (non-hydrogen) atoms. The molecule has 26 nitrogen and oxygen atoms in total. The van der Waals surface area contributed by atoms with Gasteiger partial charge >= 0.3 is 0 Å². The molecule has 0 aliphatic heterocycles. The summed E-state index contributed by atoms with van der Waals surface area (Å²) in [5.41, 5.74) is 9.68. The third kappa shape index (κ3) is 25.1. The van der Waals surface area contributed by atoms with Gasteiger partial charge in [0.25, 0.3) is 23.6 Å². The van der Waals surface area contributed by atoms with E-state index in [9.17, 15) is 54.3 Å². The van der Waals surface area contributed by atoms with Gasteiger partial charge in [0.2, 0.25) is 0 Å². The van der Waals surface area contributed by atoms with Crippen molar-refractivity contribution in [1.82, 2.24) is 88.6 Å². The molecule has 4 amide bonds. The van der Waals surface area contributed by atoms with Crippen LogP contribution in [0.3, 0.4) is 0 Å². The number of nitrogens with zero attached hydrogens (tertiary/aromatic N) is 22. The second kappa shape index (κ2) is 47.0. The van der Waals surface area contributed by atoms with Gasteiger partial charge in [-0.25, -0.2) is 45.1 Å². The molecular weight excluding hydrogens is 1960 g/mol. The Morgan fingerprint density at radius 2 is 0.757 bits per heavy atom. The van der Waals surface area contributed by atoms with E-state index in [1.165, 1.54) is 56.0 Å². The smallest absolute Gasteiger partial charge is 0.273 e. The number of aromatic nitrogens is 14. The Morgan fingerprint density at radius 1 is 0.358 bits per heavy atom. The van der Waals surface area contributed by atoms with Crippen molar-refractivity contribution >= 4 is 72.1 Å². The number of nitriles is 4. The minimum absolute atomic E-state index is 0.0228. The van der Waals surface area contributed by atoms with Crippen molar-refractivity contribution in [3.8, 4) is 30.0 Å². The number of hydrogen-bond acceptors (Lipinski definition) is 18. The Labute approximate surface area is 851 Å². The number of para-hydroxylation sites is 2. The number of amides is 4. The van der Waals surface area contributed by atoms with Gasteiger partial charge < -0.3 is 33.3 Å². The van der Waals surface area contributed by atoms with Crippen molar-refractivity contribution in [2.24, 2.45) is 0 Å². The fourth-order valence-electron chi connectivity index (χ4n) is 16.3. The van der Waals surface area contributed by atoms with Crippen molar-refractivity contribution in [2.45, 2.75) is 99.2 Å². The molecule has 0 saturated heterocycles. The number of aryl methyl sites for hydroxylation is 3. The molecule has 1 atom stereocenters. The monoisotopic (exact) mass is 2040 g/mol. The lowest BCUT2D eigenvalue weighted by Crippen LogP contribution is -2.35. The second-order valence-electron chi connectivity index (χ2n) is 34.4. The van der Waals surface area contributed by atoms with Gasteiger partial charge in [-0.2, -0.15) is 21.0 Å². The zero-order valence-corrected chi connectivity index (χ0v) is 81.1. The summed E-state index contributed by atoms with van der Waals surface area (Å²) in [7, 11) is 0. The lowest BCUT2D eigenvalue weighted by atomic mass is 10.1. The third-order valence-corrected chi connectivity index (χ3v) is 24.8. The van der Waals surface area contributed by atoms with Gasteiger partial charge in [-0.1, -0.05) is 162 Å². The fourth-order valence-corrected chi connectivity index (χ4v) is 16.7. The predicted octanol–water partition coefficient (Wildman–Crippen LogP) is 21.7. The van der Waals surface area contributed by atoms with E-state index in [2.05, 4.69) is 91.0 Å². The molecular formula is C113H85BrF8N22O4. The zero-order valence-electron chi connectivity index (χ0n) is 79.5. The largest absolute Gasteiger partial charge is 0.327 e. The van der Waals surface area contributed by atoms with E-state index in [0.717, 1.165) is 84.7 Å². The average Bonchev–Trinajstić information content (AvgIpc) is 1.57. The van der Waals surface area contributed by atoms with Crippen LogP contribution in [0.1, 0.15) is 156 Å². The first-order valence-electron chi connectivity index (χ1n) is 46.0. The zero-order chi connectivity index (χ0) is 104. The standard InChI is InChI=1S/C30H24F2N6O.C29H21F2N5O.C28H20F2N6O.C26H20BrF2N5O/c1-19(29-36-35-20(2)38(29)17-22-9-7-21(16-33)8-10-22)37(18-24-11-13-25(31)15-26(24)32)30(39)28-14-12-23-5-3-4-6-27(23)34-28;30-26-12-11-25(27(31)14-26)17-35(29(37)24-10-9-22-3-1-2-4-23(22)13-24)18-28-34-33-19-36(28)16-21-7-5-20(15-32)6-8-21;1-18-33-34-27(36(18)23-11-6-19(15-31)7-12-23)17-35(16-21-8-10-22(29)14-24(21)30)28(37)26-13-9-20-4-2-3-5-25(20)32-26;1-17-2-8-21(27)10-23(17)26(35)33(14-20-7-9-22(28)11-24(20)29)15-25-32-31-16-34(25)13-19-5-3-18(12-30)4-6-19/h3-15,19H,17-18H2,1-2H3;1-14,19H,16-18H2;2-14H,16-17H2,1H3;2-11,16H,13-15H2,1H3. The Morgan fingerprint density at radius 3 is 1.22 bits per heavy atom. The molecule has 0 N–H and O–H groups in total. The Hall–Kier alpha value is -18.7.